The van der Waals surface area contributed by atoms with E-state index in [0.717, 1.165) is 11.3 Å². The second kappa shape index (κ2) is 3.24. The predicted molar refractivity (Wildman–Crippen MR) is 53.1 cm³/mol. The first-order chi connectivity index (χ1) is 5.87. The van der Waals surface area contributed by atoms with Gasteiger partial charge in [-0.15, -0.1) is 6.58 Å². The summed E-state index contributed by atoms with van der Waals surface area (Å²) in [6.45, 7) is 4.00. The molecular weight excluding hydrogens is 144 g/mol. The highest BCUT2D eigenvalue weighted by Gasteiger charge is 2.40. The highest BCUT2D eigenvalue weighted by Crippen LogP contribution is 2.52. The Kier molecular flexibility index (Phi) is 2.25. The zero-order valence-corrected chi connectivity index (χ0v) is 8.02. The van der Waals surface area contributed by atoms with Crippen LogP contribution in [0, 0.1) is 11.3 Å². The summed E-state index contributed by atoms with van der Waals surface area (Å²) in [6.07, 6.45) is 14.0. The number of hydrogen-bond donors (Lipinski definition) is 0. The molecule has 0 aromatic heterocycles. The fourth-order valence-electron chi connectivity index (χ4n) is 3.40. The van der Waals surface area contributed by atoms with Crippen molar-refractivity contribution >= 4 is 0 Å². The Hall–Kier alpha value is -0.260. The first kappa shape index (κ1) is 8.34. The van der Waals surface area contributed by atoms with Crippen molar-refractivity contribution in [3.05, 3.63) is 12.7 Å². The predicted octanol–water partition coefficient (Wildman–Crippen LogP) is 3.92. The summed E-state index contributed by atoms with van der Waals surface area (Å²) >= 11 is 0. The van der Waals surface area contributed by atoms with Crippen molar-refractivity contribution in [2.24, 2.45) is 11.3 Å². The lowest BCUT2D eigenvalue weighted by Gasteiger charge is -2.40. The van der Waals surface area contributed by atoms with Crippen molar-refractivity contribution in [2.75, 3.05) is 0 Å². The smallest absolute Gasteiger partial charge is 0.0180 e. The summed E-state index contributed by atoms with van der Waals surface area (Å²) in [4.78, 5) is 0. The maximum Gasteiger partial charge on any atom is -0.0180 e. The monoisotopic (exact) mass is 164 g/mol. The Morgan fingerprint density at radius 1 is 1.00 bits per heavy atom. The van der Waals surface area contributed by atoms with Crippen LogP contribution in [0.4, 0.5) is 0 Å². The van der Waals surface area contributed by atoms with E-state index in [1.807, 2.05) is 0 Å². The number of hydrogen-bond acceptors (Lipinski definition) is 0. The molecule has 1 atom stereocenters. The summed E-state index contributed by atoms with van der Waals surface area (Å²) in [5, 5.41) is 0. The van der Waals surface area contributed by atoms with Crippen molar-refractivity contribution in [3.63, 3.8) is 0 Å². The second-order valence-corrected chi connectivity index (χ2v) is 4.66. The summed E-state index contributed by atoms with van der Waals surface area (Å²) in [6, 6.07) is 0. The molecule has 2 aliphatic carbocycles. The number of allylic oxidation sites excluding steroid dienone is 1. The van der Waals surface area contributed by atoms with E-state index in [4.69, 9.17) is 0 Å². The van der Waals surface area contributed by atoms with Gasteiger partial charge in [-0.25, -0.2) is 0 Å². The third-order valence-corrected chi connectivity index (χ3v) is 4.11. The van der Waals surface area contributed by atoms with Crippen LogP contribution in [0.5, 0.6) is 0 Å². The fourth-order valence-corrected chi connectivity index (χ4v) is 3.40. The lowest BCUT2D eigenvalue weighted by atomic mass is 9.65. The third-order valence-electron chi connectivity index (χ3n) is 4.11. The van der Waals surface area contributed by atoms with Crippen LogP contribution in [0.15, 0.2) is 12.7 Å². The van der Waals surface area contributed by atoms with Gasteiger partial charge in [-0.1, -0.05) is 31.8 Å². The normalized spacial score (nSPS) is 33.8. The molecule has 0 heterocycles. The fraction of sp³-hybridized carbons (Fsp3) is 0.833. The van der Waals surface area contributed by atoms with Crippen LogP contribution < -0.4 is 0 Å². The average molecular weight is 164 g/mol. The molecule has 2 saturated carbocycles. The lowest BCUT2D eigenvalue weighted by Crippen LogP contribution is -2.29. The molecule has 0 bridgehead atoms. The van der Waals surface area contributed by atoms with Crippen molar-refractivity contribution in [2.45, 2.75) is 51.4 Å². The summed E-state index contributed by atoms with van der Waals surface area (Å²) in [5.41, 5.74) is 0.722. The van der Waals surface area contributed by atoms with Crippen LogP contribution in [0.1, 0.15) is 51.4 Å². The maximum atomic E-state index is 4.00. The summed E-state index contributed by atoms with van der Waals surface area (Å²) in [7, 11) is 0. The molecule has 68 valence electrons. The molecule has 0 radical (unpaired) electrons. The summed E-state index contributed by atoms with van der Waals surface area (Å²) in [5.74, 6) is 0.855. The van der Waals surface area contributed by atoms with Gasteiger partial charge in [0.2, 0.25) is 0 Å². The summed E-state index contributed by atoms with van der Waals surface area (Å²) < 4.78 is 0. The van der Waals surface area contributed by atoms with Crippen LogP contribution in [0.3, 0.4) is 0 Å². The van der Waals surface area contributed by atoms with E-state index in [1.54, 1.807) is 0 Å². The second-order valence-electron chi connectivity index (χ2n) is 4.66. The zero-order valence-electron chi connectivity index (χ0n) is 8.02. The van der Waals surface area contributed by atoms with Crippen molar-refractivity contribution < 1.29 is 0 Å². The Morgan fingerprint density at radius 3 is 2.17 bits per heavy atom. The van der Waals surface area contributed by atoms with Gasteiger partial charge in [0.25, 0.3) is 0 Å². The van der Waals surface area contributed by atoms with E-state index >= 15 is 0 Å². The molecule has 0 aromatic rings. The molecule has 0 amide bonds. The van der Waals surface area contributed by atoms with Gasteiger partial charge in [-0.2, -0.15) is 0 Å². The topological polar surface area (TPSA) is 0 Å². The maximum absolute atomic E-state index is 4.00. The minimum absolute atomic E-state index is 0.722. The lowest BCUT2D eigenvalue weighted by molar-refractivity contribution is 0.136. The van der Waals surface area contributed by atoms with E-state index in [2.05, 4.69) is 12.7 Å². The van der Waals surface area contributed by atoms with Gasteiger partial charge >= 0.3 is 0 Å². The van der Waals surface area contributed by atoms with Crippen LogP contribution >= 0.6 is 0 Å². The molecule has 1 spiro atoms. The molecular formula is C12H20. The first-order valence-corrected chi connectivity index (χ1v) is 5.50. The van der Waals surface area contributed by atoms with Crippen LogP contribution in [-0.2, 0) is 0 Å². The Labute approximate surface area is 76.1 Å². The van der Waals surface area contributed by atoms with Gasteiger partial charge in [0.15, 0.2) is 0 Å². The Balaban J connectivity index is 2.12. The largest absolute Gasteiger partial charge is 0.103 e. The SMILES string of the molecule is C=CC1CCCCC12CCCC2. The molecule has 0 saturated heterocycles. The minimum atomic E-state index is 0.722. The standard InChI is InChI=1S/C12H20/c1-2-11-7-3-4-8-12(11)9-5-6-10-12/h2,11H,1,3-10H2. The van der Waals surface area contributed by atoms with E-state index in [9.17, 15) is 0 Å². The molecule has 2 fully saturated rings. The quantitative estimate of drug-likeness (QED) is 0.515. The van der Waals surface area contributed by atoms with Crippen LogP contribution in [0.2, 0.25) is 0 Å². The van der Waals surface area contributed by atoms with Gasteiger partial charge in [-0.05, 0) is 37.0 Å². The highest BCUT2D eigenvalue weighted by molar-refractivity contribution is 4.99. The van der Waals surface area contributed by atoms with Gasteiger partial charge in [0.05, 0.1) is 0 Å². The van der Waals surface area contributed by atoms with Gasteiger partial charge in [-0.3, -0.25) is 0 Å². The van der Waals surface area contributed by atoms with Crippen molar-refractivity contribution in [1.29, 1.82) is 0 Å². The van der Waals surface area contributed by atoms with Crippen molar-refractivity contribution in [1.82, 2.24) is 0 Å². The molecule has 12 heavy (non-hydrogen) atoms. The molecule has 0 N–H and O–H groups in total. The van der Waals surface area contributed by atoms with E-state index in [0.29, 0.717) is 0 Å². The minimum Gasteiger partial charge on any atom is -0.103 e. The van der Waals surface area contributed by atoms with E-state index in [-0.39, 0.29) is 0 Å². The Morgan fingerprint density at radius 2 is 1.58 bits per heavy atom. The molecule has 2 rings (SSSR count). The molecule has 0 aromatic carbocycles. The van der Waals surface area contributed by atoms with Crippen LogP contribution in [0.25, 0.3) is 0 Å². The van der Waals surface area contributed by atoms with E-state index < -0.39 is 0 Å². The number of rotatable bonds is 1. The Bertz CT molecular complexity index is 163. The molecule has 0 aliphatic heterocycles. The molecule has 0 nitrogen and oxygen atoms in total. The molecule has 0 heteroatoms. The van der Waals surface area contributed by atoms with Gasteiger partial charge in [0, 0.05) is 0 Å². The first-order valence-electron chi connectivity index (χ1n) is 5.50. The third kappa shape index (κ3) is 1.22. The highest BCUT2D eigenvalue weighted by atomic mass is 14.5. The molecule has 1 unspecified atom stereocenters. The average Bonchev–Trinajstić information content (AvgIpc) is 2.55. The van der Waals surface area contributed by atoms with E-state index in [1.165, 1.54) is 51.4 Å². The van der Waals surface area contributed by atoms with Crippen LogP contribution in [-0.4, -0.2) is 0 Å². The van der Waals surface area contributed by atoms with Crippen molar-refractivity contribution in [3.8, 4) is 0 Å². The van der Waals surface area contributed by atoms with Gasteiger partial charge in [0.1, 0.15) is 0 Å². The zero-order chi connectivity index (χ0) is 8.44. The van der Waals surface area contributed by atoms with Gasteiger partial charge < -0.3 is 0 Å². The molecule has 2 aliphatic rings.